The third-order valence-electron chi connectivity index (χ3n) is 4.07. The second-order valence-corrected chi connectivity index (χ2v) is 6.74. The summed E-state index contributed by atoms with van der Waals surface area (Å²) in [7, 11) is 1.62. The summed E-state index contributed by atoms with van der Waals surface area (Å²) in [4.78, 5) is 18.3. The molecule has 0 aliphatic heterocycles. The second kappa shape index (κ2) is 7.01. The van der Waals surface area contributed by atoms with Crippen LogP contribution in [0.2, 0.25) is 0 Å². The molecule has 0 atom stereocenters. The molecule has 0 fully saturated rings. The third-order valence-corrected chi connectivity index (χ3v) is 4.94. The van der Waals surface area contributed by atoms with E-state index in [0.29, 0.717) is 5.82 Å². The first-order chi connectivity index (χ1) is 12.7. The van der Waals surface area contributed by atoms with Crippen molar-refractivity contribution < 1.29 is 9.53 Å². The lowest BCUT2D eigenvalue weighted by atomic mass is 10.1. The maximum Gasteiger partial charge on any atom is 0.229 e. The highest BCUT2D eigenvalue weighted by Crippen LogP contribution is 2.32. The molecular weight excluding hydrogens is 346 g/mol. The van der Waals surface area contributed by atoms with E-state index in [-0.39, 0.29) is 12.3 Å². The topological polar surface area (TPSA) is 55.6 Å². The fourth-order valence-electron chi connectivity index (χ4n) is 2.81. The van der Waals surface area contributed by atoms with Crippen molar-refractivity contribution in [2.45, 2.75) is 6.42 Å². The zero-order valence-corrected chi connectivity index (χ0v) is 15.0. The summed E-state index contributed by atoms with van der Waals surface area (Å²) in [6.45, 7) is 0. The van der Waals surface area contributed by atoms with Crippen LogP contribution in [0.3, 0.4) is 0 Å². The van der Waals surface area contributed by atoms with E-state index in [1.165, 1.54) is 0 Å². The Labute approximate surface area is 154 Å². The number of fused-ring (bicyclic) bond motifs is 1. The Hall–Kier alpha value is -3.12. The van der Waals surface area contributed by atoms with Gasteiger partial charge in [-0.25, -0.2) is 4.98 Å². The first-order valence-electron chi connectivity index (χ1n) is 8.18. The molecule has 3 heterocycles. The van der Waals surface area contributed by atoms with Gasteiger partial charge in [-0.1, -0.05) is 24.3 Å². The van der Waals surface area contributed by atoms with Crippen molar-refractivity contribution in [2.24, 2.45) is 0 Å². The quantitative estimate of drug-likeness (QED) is 0.577. The average Bonchev–Trinajstić information content (AvgIpc) is 3.31. The number of anilines is 1. The first kappa shape index (κ1) is 16.4. The molecule has 6 heteroatoms. The maximum atomic E-state index is 12.6. The van der Waals surface area contributed by atoms with Crippen LogP contribution < -0.4 is 10.1 Å². The number of aromatic nitrogens is 2. The van der Waals surface area contributed by atoms with E-state index in [1.54, 1.807) is 18.4 Å². The molecule has 0 aliphatic rings. The lowest BCUT2D eigenvalue weighted by molar-refractivity contribution is -0.115. The van der Waals surface area contributed by atoms with Crippen molar-refractivity contribution in [2.75, 3.05) is 12.4 Å². The van der Waals surface area contributed by atoms with E-state index in [9.17, 15) is 4.79 Å². The van der Waals surface area contributed by atoms with Crippen molar-refractivity contribution >= 4 is 28.7 Å². The molecule has 1 amide bonds. The Morgan fingerprint density at radius 3 is 2.73 bits per heavy atom. The van der Waals surface area contributed by atoms with Crippen molar-refractivity contribution in [3.8, 4) is 16.3 Å². The Balaban J connectivity index is 1.63. The number of pyridine rings is 1. The van der Waals surface area contributed by atoms with E-state index >= 15 is 0 Å². The van der Waals surface area contributed by atoms with Crippen LogP contribution in [0.25, 0.3) is 16.2 Å². The molecule has 3 aromatic heterocycles. The van der Waals surface area contributed by atoms with E-state index in [4.69, 9.17) is 4.74 Å². The van der Waals surface area contributed by atoms with E-state index in [2.05, 4.69) is 10.3 Å². The first-order valence-corrected chi connectivity index (χ1v) is 9.06. The van der Waals surface area contributed by atoms with E-state index in [0.717, 1.165) is 27.5 Å². The molecule has 1 aromatic carbocycles. The normalized spacial score (nSPS) is 10.8. The van der Waals surface area contributed by atoms with Crippen LogP contribution in [0, 0.1) is 0 Å². The SMILES string of the molecule is COc1ccc(CC(=O)Nc2c(-c3cccs3)nc3ccccn23)cc1. The number of carbonyl (C=O) groups is 1. The number of methoxy groups -OCH3 is 1. The molecule has 4 aromatic rings. The van der Waals surface area contributed by atoms with Crippen LogP contribution in [0.15, 0.2) is 66.2 Å². The number of carbonyl (C=O) groups excluding carboxylic acids is 1. The Morgan fingerprint density at radius 1 is 1.15 bits per heavy atom. The summed E-state index contributed by atoms with van der Waals surface area (Å²) in [5.41, 5.74) is 2.51. The molecule has 130 valence electrons. The highest BCUT2D eigenvalue weighted by molar-refractivity contribution is 7.13. The molecule has 4 rings (SSSR count). The van der Waals surface area contributed by atoms with Gasteiger partial charge in [0.15, 0.2) is 0 Å². The lowest BCUT2D eigenvalue weighted by Crippen LogP contribution is -2.16. The number of ether oxygens (including phenoxy) is 1. The van der Waals surface area contributed by atoms with Gasteiger partial charge < -0.3 is 10.1 Å². The number of hydrogen-bond acceptors (Lipinski definition) is 4. The highest BCUT2D eigenvalue weighted by atomic mass is 32.1. The number of nitrogens with one attached hydrogen (secondary N) is 1. The van der Waals surface area contributed by atoms with Gasteiger partial charge in [-0.3, -0.25) is 9.20 Å². The van der Waals surface area contributed by atoms with Crippen molar-refractivity contribution in [1.29, 1.82) is 0 Å². The Morgan fingerprint density at radius 2 is 2.00 bits per heavy atom. The number of hydrogen-bond donors (Lipinski definition) is 1. The largest absolute Gasteiger partial charge is 0.497 e. The molecule has 0 spiro atoms. The van der Waals surface area contributed by atoms with Gasteiger partial charge in [-0.15, -0.1) is 11.3 Å². The van der Waals surface area contributed by atoms with E-state index < -0.39 is 0 Å². The van der Waals surface area contributed by atoms with Gasteiger partial charge >= 0.3 is 0 Å². The number of amides is 1. The smallest absolute Gasteiger partial charge is 0.229 e. The predicted molar refractivity (Wildman–Crippen MR) is 104 cm³/mol. The van der Waals surface area contributed by atoms with E-state index in [1.807, 2.05) is 70.6 Å². The summed E-state index contributed by atoms with van der Waals surface area (Å²) in [6, 6.07) is 17.3. The van der Waals surface area contributed by atoms with Crippen molar-refractivity contribution in [3.05, 3.63) is 71.7 Å². The fourth-order valence-corrected chi connectivity index (χ4v) is 3.52. The fraction of sp³-hybridized carbons (Fsp3) is 0.100. The Bertz CT molecular complexity index is 1040. The van der Waals surface area contributed by atoms with Gasteiger partial charge in [0.1, 0.15) is 22.9 Å². The third kappa shape index (κ3) is 3.19. The molecule has 0 radical (unpaired) electrons. The Kier molecular flexibility index (Phi) is 4.41. The van der Waals surface area contributed by atoms with Crippen LogP contribution >= 0.6 is 11.3 Å². The predicted octanol–water partition coefficient (Wildman–Crippen LogP) is 4.25. The zero-order chi connectivity index (χ0) is 17.9. The molecular formula is C20H17N3O2S. The summed E-state index contributed by atoms with van der Waals surface area (Å²) in [6.07, 6.45) is 2.19. The van der Waals surface area contributed by atoms with Gasteiger partial charge in [-0.2, -0.15) is 0 Å². The van der Waals surface area contributed by atoms with Crippen molar-refractivity contribution in [3.63, 3.8) is 0 Å². The second-order valence-electron chi connectivity index (χ2n) is 5.79. The van der Waals surface area contributed by atoms with Gasteiger partial charge in [0.25, 0.3) is 0 Å². The summed E-state index contributed by atoms with van der Waals surface area (Å²) in [5.74, 6) is 1.39. The molecule has 0 bridgehead atoms. The highest BCUT2D eigenvalue weighted by Gasteiger charge is 2.17. The van der Waals surface area contributed by atoms with Crippen LogP contribution in [-0.2, 0) is 11.2 Å². The molecule has 1 N–H and O–H groups in total. The van der Waals surface area contributed by atoms with Crippen molar-refractivity contribution in [1.82, 2.24) is 9.38 Å². The maximum absolute atomic E-state index is 12.6. The van der Waals surface area contributed by atoms with Crippen LogP contribution in [0.4, 0.5) is 5.82 Å². The standard InChI is InChI=1S/C20H17N3O2S/c1-25-15-9-7-14(8-10-15)13-18(24)22-20-19(16-5-4-12-26-16)21-17-6-2-3-11-23(17)20/h2-12H,13H2,1H3,(H,22,24). The molecule has 0 saturated heterocycles. The van der Waals surface area contributed by atoms with Gasteiger partial charge in [0.2, 0.25) is 5.91 Å². The molecule has 0 aliphatic carbocycles. The minimum Gasteiger partial charge on any atom is -0.497 e. The van der Waals surface area contributed by atoms with Crippen LogP contribution in [-0.4, -0.2) is 22.4 Å². The lowest BCUT2D eigenvalue weighted by Gasteiger charge is -2.08. The van der Waals surface area contributed by atoms with Gasteiger partial charge in [-0.05, 0) is 41.3 Å². The number of thiophene rings is 1. The molecule has 0 saturated carbocycles. The monoisotopic (exact) mass is 363 g/mol. The molecule has 5 nitrogen and oxygen atoms in total. The van der Waals surface area contributed by atoms with Crippen LogP contribution in [0.1, 0.15) is 5.56 Å². The van der Waals surface area contributed by atoms with Gasteiger partial charge in [0, 0.05) is 6.20 Å². The summed E-state index contributed by atoms with van der Waals surface area (Å²) in [5, 5.41) is 5.04. The number of imidazole rings is 1. The number of benzene rings is 1. The number of nitrogens with zero attached hydrogens (tertiary/aromatic N) is 2. The van der Waals surface area contributed by atoms with Crippen LogP contribution in [0.5, 0.6) is 5.75 Å². The number of rotatable bonds is 5. The average molecular weight is 363 g/mol. The molecule has 26 heavy (non-hydrogen) atoms. The zero-order valence-electron chi connectivity index (χ0n) is 14.2. The molecule has 0 unspecified atom stereocenters. The summed E-state index contributed by atoms with van der Waals surface area (Å²) >= 11 is 1.60. The minimum atomic E-state index is -0.0846. The summed E-state index contributed by atoms with van der Waals surface area (Å²) < 4.78 is 7.06. The minimum absolute atomic E-state index is 0.0846. The van der Waals surface area contributed by atoms with Gasteiger partial charge in [0.05, 0.1) is 18.4 Å².